The number of amides is 1. The van der Waals surface area contributed by atoms with Gasteiger partial charge in [-0.1, -0.05) is 17.2 Å². The minimum absolute atomic E-state index is 0.109. The van der Waals surface area contributed by atoms with Crippen molar-refractivity contribution in [2.45, 2.75) is 38.7 Å². The van der Waals surface area contributed by atoms with Crippen LogP contribution >= 0.6 is 0 Å². The van der Waals surface area contributed by atoms with Crippen LogP contribution in [0.4, 0.5) is 0 Å². The molecule has 0 bridgehead atoms. The van der Waals surface area contributed by atoms with E-state index in [2.05, 4.69) is 10.6 Å². The third-order valence-corrected chi connectivity index (χ3v) is 3.82. The van der Waals surface area contributed by atoms with Crippen molar-refractivity contribution < 1.29 is 9.90 Å². The summed E-state index contributed by atoms with van der Waals surface area (Å²) in [5.41, 5.74) is 2.04. The van der Waals surface area contributed by atoms with Crippen LogP contribution in [0.25, 0.3) is 0 Å². The van der Waals surface area contributed by atoms with Gasteiger partial charge in [-0.05, 0) is 58.3 Å². The fourth-order valence-electron chi connectivity index (χ4n) is 2.74. The Morgan fingerprint density at radius 3 is 2.65 bits per heavy atom. The maximum atomic E-state index is 12.2. The number of carbonyl (C=O) groups is 1. The fraction of sp³-hybridized carbons (Fsp3) is 0.562. The minimum Gasteiger partial charge on any atom is -0.388 e. The molecule has 1 unspecified atom stereocenters. The lowest BCUT2D eigenvalue weighted by Crippen LogP contribution is -2.43. The number of carbonyl (C=O) groups excluding carboxylic acids is 1. The lowest BCUT2D eigenvalue weighted by molar-refractivity contribution is 0.0276. The van der Waals surface area contributed by atoms with Gasteiger partial charge in [-0.15, -0.1) is 0 Å². The molecule has 1 fully saturated rings. The fourth-order valence-corrected chi connectivity index (χ4v) is 2.74. The van der Waals surface area contributed by atoms with Crippen LogP contribution in [0.2, 0.25) is 0 Å². The van der Waals surface area contributed by atoms with Crippen molar-refractivity contribution in [2.24, 2.45) is 0 Å². The summed E-state index contributed by atoms with van der Waals surface area (Å²) < 4.78 is 0. The summed E-state index contributed by atoms with van der Waals surface area (Å²) in [5, 5.41) is 16.6. The Bertz CT molecular complexity index is 457. The van der Waals surface area contributed by atoms with E-state index < -0.39 is 5.60 Å². The van der Waals surface area contributed by atoms with Crippen LogP contribution in [0.1, 0.15) is 40.7 Å². The van der Waals surface area contributed by atoms with Crippen LogP contribution in [0.3, 0.4) is 0 Å². The second-order valence-electron chi connectivity index (χ2n) is 5.89. The van der Waals surface area contributed by atoms with E-state index in [1.165, 1.54) is 0 Å². The standard InChI is InChI=1S/C16H24N2O2/c1-12-8-13(2)10-14(9-12)15(19)18-11-16(20)4-3-6-17-7-5-16/h8-10,17,20H,3-7,11H2,1-2H3,(H,18,19). The summed E-state index contributed by atoms with van der Waals surface area (Å²) in [5.74, 6) is -0.109. The Labute approximate surface area is 120 Å². The number of rotatable bonds is 3. The van der Waals surface area contributed by atoms with E-state index in [0.29, 0.717) is 18.5 Å². The lowest BCUT2D eigenvalue weighted by Gasteiger charge is -2.26. The summed E-state index contributed by atoms with van der Waals surface area (Å²) in [6.45, 7) is 6.02. The summed E-state index contributed by atoms with van der Waals surface area (Å²) in [6.07, 6.45) is 2.35. The van der Waals surface area contributed by atoms with Crippen molar-refractivity contribution in [2.75, 3.05) is 19.6 Å². The number of nitrogens with one attached hydrogen (secondary N) is 2. The van der Waals surface area contributed by atoms with E-state index in [1.807, 2.05) is 32.0 Å². The first kappa shape index (κ1) is 15.0. The first-order chi connectivity index (χ1) is 9.48. The molecule has 1 amide bonds. The predicted octanol–water partition coefficient (Wildman–Crippen LogP) is 1.54. The lowest BCUT2D eigenvalue weighted by atomic mass is 9.94. The first-order valence-corrected chi connectivity index (χ1v) is 7.28. The van der Waals surface area contributed by atoms with E-state index >= 15 is 0 Å². The largest absolute Gasteiger partial charge is 0.388 e. The molecule has 0 aliphatic carbocycles. The van der Waals surface area contributed by atoms with Crippen molar-refractivity contribution in [3.63, 3.8) is 0 Å². The summed E-state index contributed by atoms with van der Waals surface area (Å²) in [7, 11) is 0. The van der Waals surface area contributed by atoms with Gasteiger partial charge < -0.3 is 15.7 Å². The van der Waals surface area contributed by atoms with Gasteiger partial charge in [-0.25, -0.2) is 0 Å². The van der Waals surface area contributed by atoms with E-state index in [0.717, 1.165) is 37.1 Å². The number of hydrogen-bond acceptors (Lipinski definition) is 3. The highest BCUT2D eigenvalue weighted by molar-refractivity contribution is 5.94. The molecule has 20 heavy (non-hydrogen) atoms. The van der Waals surface area contributed by atoms with Crippen LogP contribution in [0.15, 0.2) is 18.2 Å². The van der Waals surface area contributed by atoms with E-state index in [9.17, 15) is 9.90 Å². The highest BCUT2D eigenvalue weighted by Gasteiger charge is 2.28. The molecule has 3 N–H and O–H groups in total. The molecule has 1 aromatic carbocycles. The Morgan fingerprint density at radius 2 is 1.95 bits per heavy atom. The van der Waals surface area contributed by atoms with Crippen molar-refractivity contribution in [3.8, 4) is 0 Å². The van der Waals surface area contributed by atoms with Gasteiger partial charge in [0.15, 0.2) is 0 Å². The zero-order chi connectivity index (χ0) is 14.6. The number of benzene rings is 1. The van der Waals surface area contributed by atoms with Gasteiger partial charge in [0.25, 0.3) is 5.91 Å². The van der Waals surface area contributed by atoms with E-state index in [4.69, 9.17) is 0 Å². The molecule has 1 aliphatic rings. The molecule has 0 aromatic heterocycles. The summed E-state index contributed by atoms with van der Waals surface area (Å²) in [6, 6.07) is 5.79. The highest BCUT2D eigenvalue weighted by Crippen LogP contribution is 2.18. The highest BCUT2D eigenvalue weighted by atomic mass is 16.3. The minimum atomic E-state index is -0.780. The molecular weight excluding hydrogens is 252 g/mol. The maximum Gasteiger partial charge on any atom is 0.251 e. The molecule has 110 valence electrons. The van der Waals surface area contributed by atoms with Crippen molar-refractivity contribution in [3.05, 3.63) is 34.9 Å². The molecule has 1 atom stereocenters. The number of hydrogen-bond donors (Lipinski definition) is 3. The molecule has 1 saturated heterocycles. The summed E-state index contributed by atoms with van der Waals surface area (Å²) >= 11 is 0. The van der Waals surface area contributed by atoms with E-state index in [-0.39, 0.29) is 5.91 Å². The molecule has 4 heteroatoms. The van der Waals surface area contributed by atoms with Crippen LogP contribution < -0.4 is 10.6 Å². The number of aliphatic hydroxyl groups is 1. The van der Waals surface area contributed by atoms with Crippen molar-refractivity contribution in [1.82, 2.24) is 10.6 Å². The SMILES string of the molecule is Cc1cc(C)cc(C(=O)NCC2(O)CCCNCC2)c1. The average Bonchev–Trinajstić information content (AvgIpc) is 2.60. The Balaban J connectivity index is 1.97. The molecule has 1 aromatic rings. The second-order valence-corrected chi connectivity index (χ2v) is 5.89. The van der Waals surface area contributed by atoms with Gasteiger partial charge in [0.2, 0.25) is 0 Å². The molecule has 4 nitrogen and oxygen atoms in total. The predicted molar refractivity (Wildman–Crippen MR) is 79.9 cm³/mol. The van der Waals surface area contributed by atoms with Gasteiger partial charge >= 0.3 is 0 Å². The summed E-state index contributed by atoms with van der Waals surface area (Å²) in [4.78, 5) is 12.2. The molecule has 1 aliphatic heterocycles. The zero-order valence-corrected chi connectivity index (χ0v) is 12.3. The monoisotopic (exact) mass is 276 g/mol. The Kier molecular flexibility index (Phi) is 4.78. The maximum absolute atomic E-state index is 12.2. The van der Waals surface area contributed by atoms with Crippen molar-refractivity contribution in [1.29, 1.82) is 0 Å². The molecule has 0 spiro atoms. The van der Waals surface area contributed by atoms with Crippen molar-refractivity contribution >= 4 is 5.91 Å². The Morgan fingerprint density at radius 1 is 1.25 bits per heavy atom. The van der Waals surface area contributed by atoms with Gasteiger partial charge in [0.05, 0.1) is 5.60 Å². The third kappa shape index (κ3) is 4.05. The van der Waals surface area contributed by atoms with E-state index in [1.54, 1.807) is 0 Å². The van der Waals surface area contributed by atoms with Gasteiger partial charge in [-0.3, -0.25) is 4.79 Å². The Hall–Kier alpha value is -1.39. The van der Waals surface area contributed by atoms with Gasteiger partial charge in [-0.2, -0.15) is 0 Å². The smallest absolute Gasteiger partial charge is 0.251 e. The molecule has 0 saturated carbocycles. The van der Waals surface area contributed by atoms with Gasteiger partial charge in [0.1, 0.15) is 0 Å². The average molecular weight is 276 g/mol. The quantitative estimate of drug-likeness (QED) is 0.785. The zero-order valence-electron chi connectivity index (χ0n) is 12.3. The normalized spacial score (nSPS) is 23.1. The second kappa shape index (κ2) is 6.37. The third-order valence-electron chi connectivity index (χ3n) is 3.82. The number of aryl methyl sites for hydroxylation is 2. The molecule has 2 rings (SSSR count). The van der Waals surface area contributed by atoms with Gasteiger partial charge in [0, 0.05) is 12.1 Å². The van der Waals surface area contributed by atoms with Crippen LogP contribution in [0, 0.1) is 13.8 Å². The topological polar surface area (TPSA) is 61.4 Å². The first-order valence-electron chi connectivity index (χ1n) is 7.28. The van der Waals surface area contributed by atoms with Crippen LogP contribution in [-0.2, 0) is 0 Å². The molecular formula is C16H24N2O2. The molecule has 1 heterocycles. The van der Waals surface area contributed by atoms with Crippen LogP contribution in [-0.4, -0.2) is 36.2 Å². The molecule has 0 radical (unpaired) electrons. The van der Waals surface area contributed by atoms with Crippen LogP contribution in [0.5, 0.6) is 0 Å².